The van der Waals surface area contributed by atoms with Crippen LogP contribution < -0.4 is 0 Å². The third-order valence-electron chi connectivity index (χ3n) is 6.32. The maximum atomic E-state index is 12.9. The van der Waals surface area contributed by atoms with Gasteiger partial charge in [-0.25, -0.2) is 4.98 Å². The monoisotopic (exact) mass is 512 g/mol. The van der Waals surface area contributed by atoms with Gasteiger partial charge < -0.3 is 9.80 Å². The molecule has 0 saturated carbocycles. The van der Waals surface area contributed by atoms with Gasteiger partial charge in [0.2, 0.25) is 0 Å². The van der Waals surface area contributed by atoms with Crippen LogP contribution in [0.5, 0.6) is 0 Å². The van der Waals surface area contributed by atoms with Crippen molar-refractivity contribution in [1.29, 1.82) is 0 Å². The summed E-state index contributed by atoms with van der Waals surface area (Å²) in [6.45, 7) is 4.56. The normalized spacial score (nSPS) is 17.0. The Morgan fingerprint density at radius 3 is 2.44 bits per heavy atom. The minimum atomic E-state index is 0.0146. The van der Waals surface area contributed by atoms with Crippen molar-refractivity contribution in [3.05, 3.63) is 81.3 Å². The number of benzene rings is 2. The summed E-state index contributed by atoms with van der Waals surface area (Å²) in [4.78, 5) is 36.8. The second kappa shape index (κ2) is 10.5. The number of rotatable bonds is 6. The van der Waals surface area contributed by atoms with Crippen molar-refractivity contribution >= 4 is 46.5 Å². The molecule has 5 rings (SSSR count). The van der Waals surface area contributed by atoms with E-state index < -0.39 is 0 Å². The maximum absolute atomic E-state index is 12.9. The number of hydrogen-bond acceptors (Lipinski definition) is 6. The maximum Gasteiger partial charge on any atom is 0.273 e. The van der Waals surface area contributed by atoms with Crippen LogP contribution in [0.25, 0.3) is 0 Å². The van der Waals surface area contributed by atoms with E-state index in [0.29, 0.717) is 24.8 Å². The van der Waals surface area contributed by atoms with Crippen molar-refractivity contribution < 1.29 is 9.59 Å². The van der Waals surface area contributed by atoms with E-state index in [2.05, 4.69) is 9.88 Å². The largest absolute Gasteiger partial charge is 0.335 e. The number of thiazole rings is 1. The molecule has 34 heavy (non-hydrogen) atoms. The first kappa shape index (κ1) is 23.4. The molecule has 2 fully saturated rings. The lowest BCUT2D eigenvalue weighted by atomic mass is 10.0. The topological polar surface area (TPSA) is 56.8 Å². The van der Waals surface area contributed by atoms with Gasteiger partial charge in [0, 0.05) is 71.9 Å². The van der Waals surface area contributed by atoms with Crippen molar-refractivity contribution in [2.45, 2.75) is 16.7 Å². The predicted octanol–water partition coefficient (Wildman–Crippen LogP) is 4.37. The molecular weight excluding hydrogens is 488 g/mol. The van der Waals surface area contributed by atoms with E-state index >= 15 is 0 Å². The fourth-order valence-electron chi connectivity index (χ4n) is 4.27. The average Bonchev–Trinajstić information content (AvgIpc) is 3.37. The molecule has 2 saturated heterocycles. The Labute approximate surface area is 212 Å². The first-order valence-corrected chi connectivity index (χ1v) is 13.6. The Hall–Kier alpha value is -2.39. The molecule has 2 amide bonds. The average molecular weight is 513 g/mol. The van der Waals surface area contributed by atoms with Crippen LogP contribution in [0.1, 0.15) is 26.4 Å². The van der Waals surface area contributed by atoms with Crippen molar-refractivity contribution in [3.8, 4) is 0 Å². The lowest BCUT2D eigenvalue weighted by Crippen LogP contribution is -2.64. The number of hydrogen-bond donors (Lipinski definition) is 0. The molecule has 2 aliphatic rings. The molecule has 6 nitrogen and oxygen atoms in total. The van der Waals surface area contributed by atoms with Gasteiger partial charge in [-0.1, -0.05) is 29.8 Å². The minimum Gasteiger partial charge on any atom is -0.335 e. The van der Waals surface area contributed by atoms with Crippen LogP contribution in [-0.2, 0) is 5.75 Å². The van der Waals surface area contributed by atoms with Crippen molar-refractivity contribution in [2.75, 3.05) is 39.3 Å². The molecule has 0 aliphatic carbocycles. The van der Waals surface area contributed by atoms with Crippen molar-refractivity contribution in [3.63, 3.8) is 0 Å². The zero-order valence-corrected chi connectivity index (χ0v) is 21.0. The minimum absolute atomic E-state index is 0.0146. The summed E-state index contributed by atoms with van der Waals surface area (Å²) in [5.41, 5.74) is 4.13. The van der Waals surface area contributed by atoms with Crippen LogP contribution in [0.3, 0.4) is 0 Å². The molecule has 2 aliphatic heterocycles. The SMILES string of the molecule is O=C(c1ccc(CSc2cccc(Cl)c2)cc1)N1CC(N2CCN(C(=O)c3cscn3)CC2)C1. The standard InChI is InChI=1S/C25H25ClN4O2S2/c26-20-2-1-3-22(12-20)34-15-18-4-6-19(7-5-18)24(31)30-13-21(14-30)28-8-10-29(11-9-28)25(32)23-16-33-17-27-23/h1-7,12,16-17,21H,8-11,13-15H2. The highest BCUT2D eigenvalue weighted by molar-refractivity contribution is 7.98. The molecule has 0 atom stereocenters. The molecule has 0 spiro atoms. The van der Waals surface area contributed by atoms with Gasteiger partial charge in [-0.2, -0.15) is 0 Å². The highest BCUT2D eigenvalue weighted by atomic mass is 35.5. The Morgan fingerprint density at radius 1 is 1.00 bits per heavy atom. The molecule has 1 aromatic heterocycles. The number of thioether (sulfide) groups is 1. The fourth-order valence-corrected chi connectivity index (χ4v) is 5.96. The third kappa shape index (κ3) is 5.30. The second-order valence-electron chi connectivity index (χ2n) is 8.51. The van der Waals surface area contributed by atoms with Gasteiger partial charge in [0.05, 0.1) is 5.51 Å². The van der Waals surface area contributed by atoms with Crippen LogP contribution >= 0.6 is 34.7 Å². The van der Waals surface area contributed by atoms with E-state index in [0.717, 1.165) is 47.4 Å². The second-order valence-corrected chi connectivity index (χ2v) is 10.7. The summed E-state index contributed by atoms with van der Waals surface area (Å²) in [5, 5.41) is 2.54. The number of amides is 2. The zero-order valence-electron chi connectivity index (χ0n) is 18.6. The van der Waals surface area contributed by atoms with Gasteiger partial charge in [-0.05, 0) is 35.9 Å². The van der Waals surface area contributed by atoms with Crippen molar-refractivity contribution in [2.24, 2.45) is 0 Å². The van der Waals surface area contributed by atoms with Gasteiger partial charge in [-0.15, -0.1) is 23.1 Å². The summed E-state index contributed by atoms with van der Waals surface area (Å²) in [6, 6.07) is 16.1. The Bertz CT molecular complexity index is 1140. The number of piperazine rings is 1. The van der Waals surface area contributed by atoms with Gasteiger partial charge in [0.1, 0.15) is 5.69 Å². The Balaban J connectivity index is 1.07. The lowest BCUT2D eigenvalue weighted by Gasteiger charge is -2.48. The first-order chi connectivity index (χ1) is 16.6. The predicted molar refractivity (Wildman–Crippen MR) is 137 cm³/mol. The van der Waals surface area contributed by atoms with E-state index in [1.165, 1.54) is 16.9 Å². The Morgan fingerprint density at radius 2 is 1.76 bits per heavy atom. The Kier molecular flexibility index (Phi) is 7.20. The number of carbonyl (C=O) groups excluding carboxylic acids is 2. The van der Waals surface area contributed by atoms with Crippen LogP contribution in [0.2, 0.25) is 5.02 Å². The van der Waals surface area contributed by atoms with Gasteiger partial charge in [0.25, 0.3) is 11.8 Å². The summed E-state index contributed by atoms with van der Waals surface area (Å²) < 4.78 is 0. The molecule has 0 radical (unpaired) electrons. The highest BCUT2D eigenvalue weighted by Crippen LogP contribution is 2.26. The van der Waals surface area contributed by atoms with Crippen molar-refractivity contribution in [1.82, 2.24) is 19.7 Å². The first-order valence-electron chi connectivity index (χ1n) is 11.2. The lowest BCUT2D eigenvalue weighted by molar-refractivity contribution is 0.00844. The summed E-state index contributed by atoms with van der Waals surface area (Å²) in [6.07, 6.45) is 0. The molecule has 0 bridgehead atoms. The molecule has 3 aromatic rings. The molecule has 9 heteroatoms. The molecular formula is C25H25ClN4O2S2. The van der Waals surface area contributed by atoms with Gasteiger partial charge in [0.15, 0.2) is 0 Å². The highest BCUT2D eigenvalue weighted by Gasteiger charge is 2.37. The smallest absolute Gasteiger partial charge is 0.273 e. The molecule has 3 heterocycles. The third-order valence-corrected chi connectivity index (χ3v) is 8.21. The number of carbonyl (C=O) groups is 2. The number of halogens is 1. The quantitative estimate of drug-likeness (QED) is 0.459. The molecule has 0 N–H and O–H groups in total. The van der Waals surface area contributed by atoms with Crippen LogP contribution in [0.15, 0.2) is 64.3 Å². The van der Waals surface area contributed by atoms with Gasteiger partial charge in [-0.3, -0.25) is 14.5 Å². The summed E-state index contributed by atoms with van der Waals surface area (Å²) in [5.74, 6) is 0.931. The number of nitrogens with zero attached hydrogens (tertiary/aromatic N) is 4. The molecule has 2 aromatic carbocycles. The number of likely N-dealkylation sites (tertiary alicyclic amines) is 1. The van der Waals surface area contributed by atoms with E-state index in [1.54, 1.807) is 22.7 Å². The van der Waals surface area contributed by atoms with E-state index in [4.69, 9.17) is 11.6 Å². The molecule has 176 valence electrons. The van der Waals surface area contributed by atoms with Crippen LogP contribution in [0, 0.1) is 0 Å². The fraction of sp³-hybridized carbons (Fsp3) is 0.320. The van der Waals surface area contributed by atoms with E-state index in [-0.39, 0.29) is 11.8 Å². The summed E-state index contributed by atoms with van der Waals surface area (Å²) >= 11 is 9.22. The zero-order chi connectivity index (χ0) is 23.5. The number of aromatic nitrogens is 1. The van der Waals surface area contributed by atoms with Crippen LogP contribution in [-0.4, -0.2) is 76.8 Å². The van der Waals surface area contributed by atoms with E-state index in [9.17, 15) is 9.59 Å². The van der Waals surface area contributed by atoms with Crippen LogP contribution in [0.4, 0.5) is 0 Å². The summed E-state index contributed by atoms with van der Waals surface area (Å²) in [7, 11) is 0. The van der Waals surface area contributed by atoms with E-state index in [1.807, 2.05) is 58.3 Å². The van der Waals surface area contributed by atoms with Gasteiger partial charge >= 0.3 is 0 Å². The molecule has 0 unspecified atom stereocenters.